The molecule has 1 unspecified atom stereocenters. The van der Waals surface area contributed by atoms with E-state index in [0.717, 1.165) is 40.8 Å². The molecule has 0 saturated carbocycles. The first-order valence-electron chi connectivity index (χ1n) is 8.10. The molecule has 1 atom stereocenters. The second-order valence-electron chi connectivity index (χ2n) is 6.08. The van der Waals surface area contributed by atoms with E-state index >= 15 is 0 Å². The summed E-state index contributed by atoms with van der Waals surface area (Å²) in [5, 5.41) is 0. The molecule has 114 valence electrons. The molecule has 0 amide bonds. The second-order valence-corrected chi connectivity index (χ2v) is 6.08. The standard InChI is InChI=1S/C16H14N2O.C3H8/c1-10-6-8-11-12(9-7-10)16(19)18-14-5-3-2-4-13(14)17-15(11)18;1-3-2/h2-5,8-10H,6-7H2,1H3;3H2,1-2H3. The zero-order valence-electron chi connectivity index (χ0n) is 13.5. The van der Waals surface area contributed by atoms with Gasteiger partial charge >= 0.3 is 0 Å². The third-order valence-corrected chi connectivity index (χ3v) is 3.97. The fourth-order valence-corrected chi connectivity index (χ4v) is 2.90. The lowest BCUT2D eigenvalue weighted by atomic mass is 10.1. The van der Waals surface area contributed by atoms with Crippen LogP contribution in [0.3, 0.4) is 0 Å². The number of carbonyl (C=O) groups excluding carboxylic acids is 1. The van der Waals surface area contributed by atoms with Crippen LogP contribution < -0.4 is 0 Å². The van der Waals surface area contributed by atoms with Gasteiger partial charge in [-0.25, -0.2) is 4.98 Å². The molecule has 0 radical (unpaired) electrons. The predicted molar refractivity (Wildman–Crippen MR) is 90.8 cm³/mol. The van der Waals surface area contributed by atoms with Crippen molar-refractivity contribution >= 4 is 22.5 Å². The average Bonchev–Trinajstić information content (AvgIpc) is 2.92. The summed E-state index contributed by atoms with van der Waals surface area (Å²) in [5.41, 5.74) is 3.65. The highest BCUT2D eigenvalue weighted by molar-refractivity contribution is 6.18. The average molecular weight is 294 g/mol. The van der Waals surface area contributed by atoms with E-state index in [1.54, 1.807) is 4.57 Å². The van der Waals surface area contributed by atoms with Gasteiger partial charge in [0, 0.05) is 11.1 Å². The number of allylic oxidation sites excluding steroid dienone is 4. The van der Waals surface area contributed by atoms with Crippen molar-refractivity contribution in [1.82, 2.24) is 9.55 Å². The van der Waals surface area contributed by atoms with Crippen LogP contribution in [0, 0.1) is 5.92 Å². The van der Waals surface area contributed by atoms with Crippen molar-refractivity contribution in [3.8, 4) is 0 Å². The van der Waals surface area contributed by atoms with Crippen LogP contribution in [0.4, 0.5) is 0 Å². The summed E-state index contributed by atoms with van der Waals surface area (Å²) in [7, 11) is 0. The fraction of sp³-hybridized carbons (Fsp3) is 0.368. The minimum absolute atomic E-state index is 0.0732. The summed E-state index contributed by atoms with van der Waals surface area (Å²) < 4.78 is 1.75. The van der Waals surface area contributed by atoms with Gasteiger partial charge < -0.3 is 0 Å². The van der Waals surface area contributed by atoms with Crippen molar-refractivity contribution in [2.75, 3.05) is 0 Å². The largest absolute Gasteiger partial charge is 0.268 e. The predicted octanol–water partition coefficient (Wildman–Crippen LogP) is 4.85. The van der Waals surface area contributed by atoms with Crippen LogP contribution in [0.25, 0.3) is 16.6 Å². The van der Waals surface area contributed by atoms with Crippen LogP contribution >= 0.6 is 0 Å². The van der Waals surface area contributed by atoms with Crippen molar-refractivity contribution in [3.63, 3.8) is 0 Å². The summed E-state index contributed by atoms with van der Waals surface area (Å²) in [4.78, 5) is 17.2. The Bertz CT molecular complexity index is 780. The molecule has 1 aromatic carbocycles. The van der Waals surface area contributed by atoms with Gasteiger partial charge in [-0.1, -0.05) is 51.5 Å². The molecular weight excluding hydrogens is 272 g/mol. The lowest BCUT2D eigenvalue weighted by Crippen LogP contribution is -2.05. The van der Waals surface area contributed by atoms with E-state index < -0.39 is 0 Å². The monoisotopic (exact) mass is 294 g/mol. The molecular formula is C19H22N2O. The van der Waals surface area contributed by atoms with Crippen LogP contribution in [-0.4, -0.2) is 15.5 Å². The molecule has 0 N–H and O–H groups in total. The van der Waals surface area contributed by atoms with Crippen molar-refractivity contribution in [3.05, 3.63) is 47.8 Å². The molecule has 0 spiro atoms. The van der Waals surface area contributed by atoms with Crippen molar-refractivity contribution < 1.29 is 4.79 Å². The van der Waals surface area contributed by atoms with Crippen molar-refractivity contribution in [1.29, 1.82) is 0 Å². The minimum atomic E-state index is 0.0732. The van der Waals surface area contributed by atoms with Crippen molar-refractivity contribution in [2.45, 2.75) is 40.0 Å². The lowest BCUT2D eigenvalue weighted by molar-refractivity contribution is 0.0972. The molecule has 2 heterocycles. The van der Waals surface area contributed by atoms with Crippen LogP contribution in [0.1, 0.15) is 50.7 Å². The van der Waals surface area contributed by atoms with E-state index in [1.807, 2.05) is 24.3 Å². The number of rotatable bonds is 0. The van der Waals surface area contributed by atoms with Crippen molar-refractivity contribution in [2.24, 2.45) is 5.92 Å². The Balaban J connectivity index is 0.000000446. The van der Waals surface area contributed by atoms with E-state index in [0.29, 0.717) is 5.92 Å². The number of fused-ring (bicyclic) bond motifs is 5. The molecule has 2 aliphatic rings. The number of para-hydroxylation sites is 2. The van der Waals surface area contributed by atoms with E-state index in [1.165, 1.54) is 6.42 Å². The summed E-state index contributed by atoms with van der Waals surface area (Å²) in [5.74, 6) is 1.48. The number of carbonyl (C=O) groups is 1. The van der Waals surface area contributed by atoms with Gasteiger partial charge in [-0.15, -0.1) is 0 Å². The number of hydrogen-bond donors (Lipinski definition) is 0. The van der Waals surface area contributed by atoms with E-state index in [4.69, 9.17) is 0 Å². The summed E-state index contributed by atoms with van der Waals surface area (Å²) in [6.07, 6.45) is 7.47. The van der Waals surface area contributed by atoms with Crippen LogP contribution in [0.15, 0.2) is 42.0 Å². The Morgan fingerprint density at radius 3 is 2.50 bits per heavy atom. The normalized spacial score (nSPS) is 19.6. The highest BCUT2D eigenvalue weighted by Gasteiger charge is 2.33. The summed E-state index contributed by atoms with van der Waals surface area (Å²) in [6.45, 7) is 6.46. The van der Waals surface area contributed by atoms with Gasteiger partial charge in [0.15, 0.2) is 0 Å². The molecule has 1 aliphatic carbocycles. The molecule has 4 rings (SSSR count). The third-order valence-electron chi connectivity index (χ3n) is 3.97. The first-order chi connectivity index (χ1) is 10.7. The molecule has 0 saturated heterocycles. The van der Waals surface area contributed by atoms with Gasteiger partial charge in [-0.3, -0.25) is 9.36 Å². The molecule has 0 fully saturated rings. The van der Waals surface area contributed by atoms with Gasteiger partial charge in [0.05, 0.1) is 11.0 Å². The smallest absolute Gasteiger partial charge is 0.264 e. The Labute approximate surface area is 131 Å². The highest BCUT2D eigenvalue weighted by Crippen LogP contribution is 2.37. The number of nitrogens with zero attached hydrogens (tertiary/aromatic N) is 2. The zero-order valence-corrected chi connectivity index (χ0v) is 13.5. The highest BCUT2D eigenvalue weighted by atomic mass is 16.2. The fourth-order valence-electron chi connectivity index (χ4n) is 2.90. The maximum atomic E-state index is 12.6. The zero-order chi connectivity index (χ0) is 15.7. The maximum absolute atomic E-state index is 12.6. The first-order valence-corrected chi connectivity index (χ1v) is 8.10. The van der Waals surface area contributed by atoms with Gasteiger partial charge in [0.1, 0.15) is 5.82 Å². The minimum Gasteiger partial charge on any atom is -0.268 e. The Hall–Kier alpha value is -2.16. The van der Waals surface area contributed by atoms with E-state index in [9.17, 15) is 4.79 Å². The Morgan fingerprint density at radius 1 is 1.14 bits per heavy atom. The second kappa shape index (κ2) is 5.91. The van der Waals surface area contributed by atoms with Gasteiger partial charge in [0.2, 0.25) is 0 Å². The van der Waals surface area contributed by atoms with Gasteiger partial charge in [-0.05, 0) is 30.9 Å². The molecule has 3 heteroatoms. The third kappa shape index (κ3) is 2.31. The summed E-state index contributed by atoms with van der Waals surface area (Å²) in [6, 6.07) is 7.81. The van der Waals surface area contributed by atoms with E-state index in [-0.39, 0.29) is 5.91 Å². The lowest BCUT2D eigenvalue weighted by Gasteiger charge is -2.02. The molecule has 3 nitrogen and oxygen atoms in total. The SMILES string of the molecule is CC1CC=C2C(=O)n3c(nc4ccccc43)C2=CC1.CCC. The number of aromatic nitrogens is 2. The van der Waals surface area contributed by atoms with Gasteiger partial charge in [-0.2, -0.15) is 0 Å². The molecule has 22 heavy (non-hydrogen) atoms. The molecule has 1 aromatic heterocycles. The van der Waals surface area contributed by atoms with E-state index in [2.05, 4.69) is 37.9 Å². The van der Waals surface area contributed by atoms with Crippen LogP contribution in [0.2, 0.25) is 0 Å². The summed E-state index contributed by atoms with van der Waals surface area (Å²) >= 11 is 0. The Kier molecular flexibility index (Phi) is 3.97. The topological polar surface area (TPSA) is 34.9 Å². The number of benzene rings is 1. The Morgan fingerprint density at radius 2 is 1.77 bits per heavy atom. The molecule has 2 aromatic rings. The number of hydrogen-bond acceptors (Lipinski definition) is 2. The first kappa shape index (κ1) is 14.8. The quantitative estimate of drug-likeness (QED) is 0.696. The van der Waals surface area contributed by atoms with Crippen LogP contribution in [-0.2, 0) is 0 Å². The maximum Gasteiger partial charge on any atom is 0.264 e. The molecule has 0 bridgehead atoms. The van der Waals surface area contributed by atoms with Crippen LogP contribution in [0.5, 0.6) is 0 Å². The van der Waals surface area contributed by atoms with Gasteiger partial charge in [0.25, 0.3) is 5.91 Å². The number of imidazole rings is 1. The molecule has 1 aliphatic heterocycles.